The summed E-state index contributed by atoms with van der Waals surface area (Å²) in [5.74, 6) is 0. The number of hydrogen-bond donors (Lipinski definition) is 0. The Morgan fingerprint density at radius 1 is 0.366 bits per heavy atom. The van der Waals surface area contributed by atoms with Gasteiger partial charge in [-0.1, -0.05) is 133 Å². The Morgan fingerprint density at radius 3 is 1.76 bits per heavy atom. The number of aromatic nitrogens is 1. The third-order valence-corrected chi connectivity index (χ3v) is 8.67. The number of fused-ring (bicyclic) bond motifs is 3. The Kier molecular flexibility index (Phi) is 4.67. The van der Waals surface area contributed by atoms with Gasteiger partial charge in [0.15, 0.2) is 0 Å². The number of benzene rings is 8. The molecule has 0 aliphatic heterocycles. The van der Waals surface area contributed by atoms with Crippen LogP contribution in [0.4, 0.5) is 0 Å². The number of hydrogen-bond acceptors (Lipinski definition) is 0. The van der Waals surface area contributed by atoms with Gasteiger partial charge in [-0.3, -0.25) is 0 Å². The standard InChI is InChI=1S/C40H25N/c1-3-11-27(12-4-1)38-35-25-32-19-18-28-16-9-17-29-21-23-34(37(32)36(28)29)40(35)41(39(38)30-13-5-2-6-14-30)33-22-20-26-10-7-8-15-31(26)24-33/h1-25H. The lowest BCUT2D eigenvalue weighted by Gasteiger charge is -2.16. The molecule has 0 aliphatic carbocycles. The van der Waals surface area contributed by atoms with E-state index < -0.39 is 0 Å². The highest BCUT2D eigenvalue weighted by Crippen LogP contribution is 2.48. The smallest absolute Gasteiger partial charge is 0.0620 e. The molecule has 0 saturated heterocycles. The van der Waals surface area contributed by atoms with E-state index in [1.54, 1.807) is 0 Å². The Bertz CT molecular complexity index is 2380. The fourth-order valence-corrected chi connectivity index (χ4v) is 6.92. The first-order chi connectivity index (χ1) is 20.3. The van der Waals surface area contributed by atoms with E-state index in [2.05, 4.69) is 156 Å². The summed E-state index contributed by atoms with van der Waals surface area (Å²) in [5.41, 5.74) is 7.34. The molecule has 41 heavy (non-hydrogen) atoms. The molecule has 0 spiro atoms. The maximum Gasteiger partial charge on any atom is 0.0620 e. The van der Waals surface area contributed by atoms with Crippen LogP contribution in [0.2, 0.25) is 0 Å². The van der Waals surface area contributed by atoms with E-state index in [1.807, 2.05) is 0 Å². The van der Waals surface area contributed by atoms with Crippen molar-refractivity contribution in [3.05, 3.63) is 152 Å². The van der Waals surface area contributed by atoms with Crippen LogP contribution in [0.1, 0.15) is 0 Å². The van der Waals surface area contributed by atoms with Crippen LogP contribution >= 0.6 is 0 Å². The van der Waals surface area contributed by atoms with Crippen LogP contribution in [-0.4, -0.2) is 4.57 Å². The second-order valence-electron chi connectivity index (χ2n) is 11.0. The lowest BCUT2D eigenvalue weighted by molar-refractivity contribution is 1.14. The van der Waals surface area contributed by atoms with Gasteiger partial charge in [0.05, 0.1) is 11.2 Å². The van der Waals surface area contributed by atoms with Crippen molar-refractivity contribution in [1.82, 2.24) is 4.57 Å². The molecule has 0 bridgehead atoms. The van der Waals surface area contributed by atoms with Crippen LogP contribution in [0.15, 0.2) is 152 Å². The molecule has 0 unspecified atom stereocenters. The minimum Gasteiger partial charge on any atom is -0.308 e. The lowest BCUT2D eigenvalue weighted by Crippen LogP contribution is -1.98. The SMILES string of the molecule is c1ccc(-c2c(-c3ccccc3)n(-c3ccc4ccccc4c3)c3c2cc2ccc4cccc5ccc3c2c45)cc1. The zero-order valence-electron chi connectivity index (χ0n) is 22.4. The molecule has 9 rings (SSSR count). The quantitative estimate of drug-likeness (QED) is 0.205. The predicted octanol–water partition coefficient (Wildman–Crippen LogP) is 11.0. The van der Waals surface area contributed by atoms with E-state index in [4.69, 9.17) is 0 Å². The highest BCUT2D eigenvalue weighted by molar-refractivity contribution is 6.30. The molecule has 0 fully saturated rings. The van der Waals surface area contributed by atoms with E-state index in [-0.39, 0.29) is 0 Å². The molecule has 0 saturated carbocycles. The van der Waals surface area contributed by atoms with E-state index >= 15 is 0 Å². The first-order valence-electron chi connectivity index (χ1n) is 14.2. The maximum absolute atomic E-state index is 2.52. The summed E-state index contributed by atoms with van der Waals surface area (Å²) in [5, 5.41) is 11.6. The first-order valence-corrected chi connectivity index (χ1v) is 14.2. The normalized spacial score (nSPS) is 11.9. The van der Waals surface area contributed by atoms with E-state index in [1.165, 1.54) is 82.1 Å². The molecular weight excluding hydrogens is 494 g/mol. The van der Waals surface area contributed by atoms with Gasteiger partial charge in [-0.15, -0.1) is 0 Å². The molecule has 1 heterocycles. The summed E-state index contributed by atoms with van der Waals surface area (Å²) >= 11 is 0. The van der Waals surface area contributed by atoms with Crippen LogP contribution in [0, 0.1) is 0 Å². The summed E-state index contributed by atoms with van der Waals surface area (Å²) in [4.78, 5) is 0. The van der Waals surface area contributed by atoms with Crippen LogP contribution in [-0.2, 0) is 0 Å². The minimum absolute atomic E-state index is 1.17. The molecular formula is C40H25N. The third-order valence-electron chi connectivity index (χ3n) is 8.67. The van der Waals surface area contributed by atoms with Crippen molar-refractivity contribution in [3.8, 4) is 28.1 Å². The van der Waals surface area contributed by atoms with Crippen molar-refractivity contribution in [2.75, 3.05) is 0 Å². The van der Waals surface area contributed by atoms with Gasteiger partial charge in [0.25, 0.3) is 0 Å². The van der Waals surface area contributed by atoms with Crippen molar-refractivity contribution in [1.29, 1.82) is 0 Å². The zero-order valence-corrected chi connectivity index (χ0v) is 22.4. The molecule has 1 heteroatoms. The average Bonchev–Trinajstić information content (AvgIpc) is 3.39. The number of nitrogens with zero attached hydrogens (tertiary/aromatic N) is 1. The second-order valence-corrected chi connectivity index (χ2v) is 11.0. The molecule has 0 amide bonds. The van der Waals surface area contributed by atoms with Gasteiger partial charge in [-0.05, 0) is 67.0 Å². The molecule has 8 aromatic carbocycles. The van der Waals surface area contributed by atoms with Crippen molar-refractivity contribution < 1.29 is 0 Å². The topological polar surface area (TPSA) is 4.93 Å². The molecule has 0 atom stereocenters. The van der Waals surface area contributed by atoms with E-state index in [9.17, 15) is 0 Å². The molecule has 0 N–H and O–H groups in total. The van der Waals surface area contributed by atoms with Gasteiger partial charge in [-0.2, -0.15) is 0 Å². The van der Waals surface area contributed by atoms with Crippen LogP contribution in [0.5, 0.6) is 0 Å². The van der Waals surface area contributed by atoms with Gasteiger partial charge in [-0.25, -0.2) is 0 Å². The van der Waals surface area contributed by atoms with E-state index in [0.29, 0.717) is 0 Å². The third kappa shape index (κ3) is 3.24. The lowest BCUT2D eigenvalue weighted by atomic mass is 9.91. The van der Waals surface area contributed by atoms with Gasteiger partial charge in [0, 0.05) is 22.0 Å². The van der Waals surface area contributed by atoms with Gasteiger partial charge < -0.3 is 4.57 Å². The Morgan fingerprint density at radius 2 is 0.976 bits per heavy atom. The highest BCUT2D eigenvalue weighted by Gasteiger charge is 2.24. The van der Waals surface area contributed by atoms with Gasteiger partial charge in [0.2, 0.25) is 0 Å². The zero-order chi connectivity index (χ0) is 26.9. The first kappa shape index (κ1) is 22.4. The second kappa shape index (κ2) is 8.55. The van der Waals surface area contributed by atoms with Crippen molar-refractivity contribution >= 4 is 54.0 Å². The summed E-state index contributed by atoms with van der Waals surface area (Å²) in [6, 6.07) is 55.5. The van der Waals surface area contributed by atoms with Crippen molar-refractivity contribution in [2.24, 2.45) is 0 Å². The molecule has 1 nitrogen and oxygen atoms in total. The summed E-state index contributed by atoms with van der Waals surface area (Å²) in [7, 11) is 0. The van der Waals surface area contributed by atoms with Crippen LogP contribution < -0.4 is 0 Å². The summed E-state index contributed by atoms with van der Waals surface area (Å²) < 4.78 is 2.52. The number of rotatable bonds is 3. The van der Waals surface area contributed by atoms with Crippen LogP contribution in [0.3, 0.4) is 0 Å². The monoisotopic (exact) mass is 519 g/mol. The summed E-state index contributed by atoms with van der Waals surface area (Å²) in [6.45, 7) is 0. The average molecular weight is 520 g/mol. The van der Waals surface area contributed by atoms with Crippen molar-refractivity contribution in [3.63, 3.8) is 0 Å². The van der Waals surface area contributed by atoms with E-state index in [0.717, 1.165) is 0 Å². The fourth-order valence-electron chi connectivity index (χ4n) is 6.92. The fraction of sp³-hybridized carbons (Fsp3) is 0. The molecule has 1 aromatic heterocycles. The van der Waals surface area contributed by atoms with Gasteiger partial charge >= 0.3 is 0 Å². The van der Waals surface area contributed by atoms with Crippen LogP contribution in [0.25, 0.3) is 82.1 Å². The minimum atomic E-state index is 1.17. The maximum atomic E-state index is 2.52. The molecule has 0 radical (unpaired) electrons. The highest BCUT2D eigenvalue weighted by atomic mass is 15.0. The molecule has 9 aromatic rings. The predicted molar refractivity (Wildman–Crippen MR) is 175 cm³/mol. The largest absolute Gasteiger partial charge is 0.308 e. The molecule has 0 aliphatic rings. The Hall–Kier alpha value is -5.40. The van der Waals surface area contributed by atoms with Gasteiger partial charge in [0.1, 0.15) is 0 Å². The Labute approximate surface area is 237 Å². The molecule has 190 valence electrons. The Balaban J connectivity index is 1.56. The van der Waals surface area contributed by atoms with Crippen molar-refractivity contribution in [2.45, 2.75) is 0 Å². The summed E-state index contributed by atoms with van der Waals surface area (Å²) in [6.07, 6.45) is 0.